The number of nitrogen functional groups attached to an aromatic ring is 1. The van der Waals surface area contributed by atoms with Gasteiger partial charge in [0.05, 0.1) is 17.5 Å². The molecule has 0 bridgehead atoms. The van der Waals surface area contributed by atoms with Crippen LogP contribution in [0.1, 0.15) is 32.1 Å². The van der Waals surface area contributed by atoms with Gasteiger partial charge in [-0.25, -0.2) is 0 Å². The van der Waals surface area contributed by atoms with E-state index in [1.54, 1.807) is 23.8 Å². The van der Waals surface area contributed by atoms with E-state index >= 15 is 0 Å². The Morgan fingerprint density at radius 3 is 2.43 bits per heavy atom. The van der Waals surface area contributed by atoms with E-state index in [9.17, 15) is 13.2 Å². The molecule has 0 aliphatic heterocycles. The molecule has 0 amide bonds. The van der Waals surface area contributed by atoms with Crippen molar-refractivity contribution < 1.29 is 17.9 Å². The van der Waals surface area contributed by atoms with Gasteiger partial charge in [-0.05, 0) is 28.8 Å². The van der Waals surface area contributed by atoms with E-state index in [1.807, 2.05) is 0 Å². The Kier molecular flexibility index (Phi) is 5.72. The molecule has 1 fully saturated rings. The summed E-state index contributed by atoms with van der Waals surface area (Å²) in [6.07, 6.45) is 1.03. The van der Waals surface area contributed by atoms with Gasteiger partial charge in [-0.1, -0.05) is 19.3 Å². The first-order chi connectivity index (χ1) is 10.8. The van der Waals surface area contributed by atoms with Crippen molar-refractivity contribution in [2.75, 3.05) is 12.8 Å². The van der Waals surface area contributed by atoms with Crippen molar-refractivity contribution in [3.05, 3.63) is 16.7 Å². The minimum absolute atomic E-state index is 0.351. The summed E-state index contributed by atoms with van der Waals surface area (Å²) in [5.74, 6) is 0.0690. The Hall–Kier alpha value is -1.51. The number of nitrogens with two attached hydrogens (primary N) is 1. The number of rotatable bonds is 1. The first-order valence-electron chi connectivity index (χ1n) is 7.23. The second-order valence-electron chi connectivity index (χ2n) is 5.35. The van der Waals surface area contributed by atoms with Crippen LogP contribution in [-0.4, -0.2) is 27.9 Å². The SMILES string of the molecule is COc1cc2nnc(N)n2cc1Br.FC(F)(F)C1CCCCC1. The lowest BCUT2D eigenvalue weighted by atomic mass is 9.89. The smallest absolute Gasteiger partial charge is 0.391 e. The zero-order valence-electron chi connectivity index (χ0n) is 12.6. The van der Waals surface area contributed by atoms with Crippen LogP contribution in [0.4, 0.5) is 19.1 Å². The topological polar surface area (TPSA) is 65.4 Å². The summed E-state index contributed by atoms with van der Waals surface area (Å²) in [6.45, 7) is 0. The fourth-order valence-corrected chi connectivity index (χ4v) is 2.98. The average Bonchev–Trinajstić information content (AvgIpc) is 2.88. The molecule has 2 aromatic rings. The Balaban J connectivity index is 0.000000174. The molecular weight excluding hydrogens is 377 g/mol. The lowest BCUT2D eigenvalue weighted by Gasteiger charge is -2.23. The molecule has 2 heterocycles. The number of fused-ring (bicyclic) bond motifs is 1. The maximum Gasteiger partial charge on any atom is 0.391 e. The van der Waals surface area contributed by atoms with Crippen molar-refractivity contribution in [2.45, 2.75) is 38.3 Å². The van der Waals surface area contributed by atoms with Gasteiger partial charge in [-0.15, -0.1) is 10.2 Å². The van der Waals surface area contributed by atoms with E-state index < -0.39 is 12.1 Å². The van der Waals surface area contributed by atoms with Gasteiger partial charge in [0.1, 0.15) is 5.75 Å². The van der Waals surface area contributed by atoms with Gasteiger partial charge in [0.15, 0.2) is 5.65 Å². The first-order valence-corrected chi connectivity index (χ1v) is 8.02. The predicted octanol–water partition coefficient (Wildman–Crippen LogP) is 4.21. The highest BCUT2D eigenvalue weighted by Crippen LogP contribution is 2.37. The van der Waals surface area contributed by atoms with E-state index in [-0.39, 0.29) is 0 Å². The van der Waals surface area contributed by atoms with Crippen LogP contribution in [0.15, 0.2) is 16.7 Å². The van der Waals surface area contributed by atoms with Gasteiger partial charge in [-0.3, -0.25) is 4.40 Å². The van der Waals surface area contributed by atoms with Crippen LogP contribution in [0.2, 0.25) is 0 Å². The van der Waals surface area contributed by atoms with Crippen LogP contribution < -0.4 is 10.5 Å². The minimum atomic E-state index is -3.93. The maximum absolute atomic E-state index is 11.9. The number of pyridine rings is 1. The summed E-state index contributed by atoms with van der Waals surface area (Å²) in [5.41, 5.74) is 6.23. The lowest BCUT2D eigenvalue weighted by molar-refractivity contribution is -0.181. The predicted molar refractivity (Wildman–Crippen MR) is 84.3 cm³/mol. The molecule has 0 radical (unpaired) electrons. The molecule has 9 heteroatoms. The quantitative estimate of drug-likeness (QED) is 0.786. The fraction of sp³-hybridized carbons (Fsp3) is 0.571. The molecule has 1 aliphatic rings. The highest BCUT2D eigenvalue weighted by atomic mass is 79.9. The molecule has 0 saturated heterocycles. The number of halogens is 4. The third kappa shape index (κ3) is 4.49. The Labute approximate surface area is 140 Å². The van der Waals surface area contributed by atoms with Gasteiger partial charge < -0.3 is 10.5 Å². The van der Waals surface area contributed by atoms with Gasteiger partial charge in [0, 0.05) is 12.3 Å². The van der Waals surface area contributed by atoms with Crippen molar-refractivity contribution in [3.63, 3.8) is 0 Å². The molecule has 128 valence electrons. The lowest BCUT2D eigenvalue weighted by Crippen LogP contribution is -2.24. The van der Waals surface area contributed by atoms with Crippen LogP contribution in [-0.2, 0) is 0 Å². The van der Waals surface area contributed by atoms with Crippen LogP contribution in [0.3, 0.4) is 0 Å². The second-order valence-corrected chi connectivity index (χ2v) is 6.21. The van der Waals surface area contributed by atoms with Crippen LogP contribution in [0.25, 0.3) is 5.65 Å². The van der Waals surface area contributed by atoms with Crippen molar-refractivity contribution in [1.82, 2.24) is 14.6 Å². The summed E-state index contributed by atoms with van der Waals surface area (Å²) < 4.78 is 43.4. The van der Waals surface area contributed by atoms with Gasteiger partial charge >= 0.3 is 6.18 Å². The maximum atomic E-state index is 11.9. The number of hydrogen-bond acceptors (Lipinski definition) is 4. The zero-order valence-corrected chi connectivity index (χ0v) is 14.2. The zero-order chi connectivity index (χ0) is 17.0. The fourth-order valence-electron chi connectivity index (χ4n) is 2.50. The van der Waals surface area contributed by atoms with Crippen LogP contribution in [0.5, 0.6) is 5.75 Å². The number of ether oxygens (including phenoxy) is 1. The largest absolute Gasteiger partial charge is 0.495 e. The Morgan fingerprint density at radius 1 is 1.26 bits per heavy atom. The van der Waals surface area contributed by atoms with Crippen LogP contribution >= 0.6 is 15.9 Å². The molecule has 1 saturated carbocycles. The Morgan fingerprint density at radius 2 is 1.91 bits per heavy atom. The van der Waals surface area contributed by atoms with Crippen LogP contribution in [0, 0.1) is 5.92 Å². The summed E-state index contributed by atoms with van der Waals surface area (Å²) in [5, 5.41) is 7.58. The molecule has 5 nitrogen and oxygen atoms in total. The number of nitrogens with zero attached hydrogens (tertiary/aromatic N) is 3. The molecule has 23 heavy (non-hydrogen) atoms. The third-order valence-electron chi connectivity index (χ3n) is 3.77. The second kappa shape index (κ2) is 7.37. The number of methoxy groups -OCH3 is 1. The minimum Gasteiger partial charge on any atom is -0.495 e. The Bertz CT molecular complexity index is 653. The molecule has 0 atom stereocenters. The number of aromatic nitrogens is 3. The summed E-state index contributed by atoms with van der Waals surface area (Å²) in [7, 11) is 1.59. The summed E-state index contributed by atoms with van der Waals surface area (Å²) in [4.78, 5) is 0. The van der Waals surface area contributed by atoms with E-state index in [0.717, 1.165) is 23.7 Å². The standard InChI is InChI=1S/C7H7BrN4O.C7H11F3/c1-13-5-2-6-10-11-7(9)12(6)3-4(5)8;8-7(9,10)6-4-2-1-3-5-6/h2-3H,1H3,(H2,9,11);6H,1-5H2. The van der Waals surface area contributed by atoms with E-state index in [1.165, 1.54) is 0 Å². The normalized spacial score (nSPS) is 16.0. The first kappa shape index (κ1) is 17.8. The molecule has 1 aliphatic carbocycles. The third-order valence-corrected chi connectivity index (χ3v) is 4.37. The van der Waals surface area contributed by atoms with Crippen molar-refractivity contribution in [2.24, 2.45) is 5.92 Å². The monoisotopic (exact) mass is 394 g/mol. The summed E-state index contributed by atoms with van der Waals surface area (Å²) >= 11 is 3.34. The molecular formula is C14H18BrF3N4O. The number of anilines is 1. The molecule has 0 unspecified atom stereocenters. The highest BCUT2D eigenvalue weighted by Gasteiger charge is 2.39. The summed E-state index contributed by atoms with van der Waals surface area (Å²) in [6, 6.07) is 1.76. The van der Waals surface area contributed by atoms with E-state index in [0.29, 0.717) is 30.2 Å². The molecule has 3 rings (SSSR count). The average molecular weight is 395 g/mol. The van der Waals surface area contributed by atoms with Crippen molar-refractivity contribution in [1.29, 1.82) is 0 Å². The highest BCUT2D eigenvalue weighted by molar-refractivity contribution is 9.10. The molecule has 0 spiro atoms. The number of hydrogen-bond donors (Lipinski definition) is 1. The van der Waals surface area contributed by atoms with Crippen molar-refractivity contribution in [3.8, 4) is 5.75 Å². The van der Waals surface area contributed by atoms with Crippen molar-refractivity contribution >= 4 is 27.5 Å². The van der Waals surface area contributed by atoms with Gasteiger partial charge in [0.25, 0.3) is 0 Å². The van der Waals surface area contributed by atoms with E-state index in [2.05, 4.69) is 26.1 Å². The molecule has 2 aromatic heterocycles. The van der Waals surface area contributed by atoms with E-state index in [4.69, 9.17) is 10.5 Å². The number of alkyl halides is 3. The van der Waals surface area contributed by atoms with Gasteiger partial charge in [0.2, 0.25) is 5.95 Å². The molecule has 2 N–H and O–H groups in total. The van der Waals surface area contributed by atoms with Gasteiger partial charge in [-0.2, -0.15) is 13.2 Å². The molecule has 0 aromatic carbocycles.